The third-order valence-corrected chi connectivity index (χ3v) is 6.86. The number of aryl methyl sites for hydroxylation is 1. The van der Waals surface area contributed by atoms with Gasteiger partial charge in [-0.25, -0.2) is 17.8 Å². The Bertz CT molecular complexity index is 735. The molecule has 5 nitrogen and oxygen atoms in total. The highest BCUT2D eigenvalue weighted by atomic mass is 127. The van der Waals surface area contributed by atoms with Crippen molar-refractivity contribution >= 4 is 39.8 Å². The zero-order valence-electron chi connectivity index (χ0n) is 15.2. The van der Waals surface area contributed by atoms with Crippen LogP contribution in [0.3, 0.4) is 0 Å². The SMILES string of the molecule is CCNC(=NCc1ccc(C)c(F)c1)N1CCS(=O)(=O)C(C)(C)C1.I. The van der Waals surface area contributed by atoms with Crippen LogP contribution in [-0.4, -0.2) is 49.4 Å². The predicted octanol–water partition coefficient (Wildman–Crippen LogP) is 2.73. The quantitative estimate of drug-likeness (QED) is 0.408. The second-order valence-corrected chi connectivity index (χ2v) is 9.50. The fraction of sp³-hybridized carbons (Fsp3) is 0.588. The predicted molar refractivity (Wildman–Crippen MR) is 111 cm³/mol. The van der Waals surface area contributed by atoms with Gasteiger partial charge in [-0.1, -0.05) is 12.1 Å². The third-order valence-electron chi connectivity index (χ3n) is 4.33. The minimum absolute atomic E-state index is 0. The lowest BCUT2D eigenvalue weighted by Gasteiger charge is -2.39. The molecule has 0 aromatic heterocycles. The van der Waals surface area contributed by atoms with Gasteiger partial charge in [0.05, 0.1) is 17.0 Å². The number of nitrogens with one attached hydrogen (secondary N) is 1. The van der Waals surface area contributed by atoms with E-state index in [0.29, 0.717) is 37.7 Å². The minimum atomic E-state index is -3.09. The van der Waals surface area contributed by atoms with Crippen LogP contribution in [0.15, 0.2) is 23.2 Å². The topological polar surface area (TPSA) is 61.8 Å². The summed E-state index contributed by atoms with van der Waals surface area (Å²) >= 11 is 0. The molecule has 0 atom stereocenters. The summed E-state index contributed by atoms with van der Waals surface area (Å²) in [5.41, 5.74) is 1.40. The Labute approximate surface area is 167 Å². The third kappa shape index (κ3) is 5.29. The lowest BCUT2D eigenvalue weighted by Crippen LogP contribution is -2.57. The monoisotopic (exact) mass is 483 g/mol. The van der Waals surface area contributed by atoms with E-state index in [0.717, 1.165) is 5.56 Å². The largest absolute Gasteiger partial charge is 0.357 e. The van der Waals surface area contributed by atoms with E-state index >= 15 is 0 Å². The fourth-order valence-corrected chi connectivity index (χ4v) is 4.02. The first-order valence-corrected chi connectivity index (χ1v) is 9.82. The van der Waals surface area contributed by atoms with Crippen LogP contribution < -0.4 is 5.32 Å². The van der Waals surface area contributed by atoms with E-state index in [2.05, 4.69) is 10.3 Å². The Kier molecular flexibility index (Phi) is 7.67. The van der Waals surface area contributed by atoms with Gasteiger partial charge in [0.1, 0.15) is 5.82 Å². The Hall–Kier alpha value is -0.900. The zero-order chi connectivity index (χ0) is 18.0. The summed E-state index contributed by atoms with van der Waals surface area (Å²) in [6.45, 7) is 9.02. The van der Waals surface area contributed by atoms with Gasteiger partial charge >= 0.3 is 0 Å². The normalized spacial score (nSPS) is 19.2. The molecule has 1 heterocycles. The molecule has 1 aliphatic rings. The first-order chi connectivity index (χ1) is 11.2. The van der Waals surface area contributed by atoms with Gasteiger partial charge < -0.3 is 10.2 Å². The van der Waals surface area contributed by atoms with Crippen LogP contribution in [-0.2, 0) is 16.4 Å². The summed E-state index contributed by atoms with van der Waals surface area (Å²) in [7, 11) is -3.09. The maximum absolute atomic E-state index is 13.7. The van der Waals surface area contributed by atoms with Crippen molar-refractivity contribution in [3.05, 3.63) is 35.1 Å². The van der Waals surface area contributed by atoms with Crippen molar-refractivity contribution in [1.82, 2.24) is 10.2 Å². The molecule has 0 amide bonds. The molecule has 2 rings (SSSR count). The zero-order valence-corrected chi connectivity index (χ0v) is 18.3. The van der Waals surface area contributed by atoms with Crippen LogP contribution in [0.1, 0.15) is 31.9 Å². The number of nitrogens with zero attached hydrogens (tertiary/aromatic N) is 2. The Morgan fingerprint density at radius 1 is 1.40 bits per heavy atom. The van der Waals surface area contributed by atoms with Crippen molar-refractivity contribution in [2.75, 3.05) is 25.4 Å². The highest BCUT2D eigenvalue weighted by Gasteiger charge is 2.40. The molecule has 0 aliphatic carbocycles. The standard InChI is InChI=1S/C17H26FN3O2S.HI/c1-5-19-16(20-11-14-7-6-13(2)15(18)10-14)21-8-9-24(22,23)17(3,4)12-21;/h6-7,10H,5,8-9,11-12H2,1-4H3,(H,19,20);1H. The lowest BCUT2D eigenvalue weighted by molar-refractivity contribution is 0.353. The van der Waals surface area contributed by atoms with E-state index in [-0.39, 0.29) is 35.5 Å². The van der Waals surface area contributed by atoms with Crippen LogP contribution in [0.4, 0.5) is 4.39 Å². The van der Waals surface area contributed by atoms with Gasteiger partial charge in [0.25, 0.3) is 0 Å². The van der Waals surface area contributed by atoms with E-state index in [1.807, 2.05) is 17.9 Å². The summed E-state index contributed by atoms with van der Waals surface area (Å²) in [6, 6.07) is 5.09. The minimum Gasteiger partial charge on any atom is -0.357 e. The molecular formula is C17H27FIN3O2S. The van der Waals surface area contributed by atoms with Crippen LogP contribution >= 0.6 is 24.0 Å². The molecule has 1 aromatic carbocycles. The molecule has 0 unspecified atom stereocenters. The van der Waals surface area contributed by atoms with Crippen molar-refractivity contribution in [3.8, 4) is 0 Å². The average molecular weight is 483 g/mol. The molecule has 0 spiro atoms. The fourth-order valence-electron chi connectivity index (χ4n) is 2.65. The summed E-state index contributed by atoms with van der Waals surface area (Å²) < 4.78 is 37.1. The second-order valence-electron chi connectivity index (χ2n) is 6.75. The molecule has 8 heteroatoms. The van der Waals surface area contributed by atoms with Crippen molar-refractivity contribution in [2.24, 2.45) is 4.99 Å². The van der Waals surface area contributed by atoms with E-state index in [9.17, 15) is 12.8 Å². The van der Waals surface area contributed by atoms with E-state index in [1.165, 1.54) is 6.07 Å². The molecule has 0 radical (unpaired) electrons. The molecular weight excluding hydrogens is 456 g/mol. The summed E-state index contributed by atoms with van der Waals surface area (Å²) in [4.78, 5) is 6.53. The second kappa shape index (κ2) is 8.66. The Balaban J connectivity index is 0.00000312. The van der Waals surface area contributed by atoms with Gasteiger partial charge in [0.2, 0.25) is 0 Å². The van der Waals surface area contributed by atoms with Gasteiger partial charge in [-0.2, -0.15) is 0 Å². The van der Waals surface area contributed by atoms with Crippen LogP contribution in [0.5, 0.6) is 0 Å². The number of guanidine groups is 1. The summed E-state index contributed by atoms with van der Waals surface area (Å²) in [5.74, 6) is 0.545. The van der Waals surface area contributed by atoms with Gasteiger partial charge in [-0.05, 0) is 44.9 Å². The van der Waals surface area contributed by atoms with E-state index in [4.69, 9.17) is 0 Å². The van der Waals surface area contributed by atoms with Crippen LogP contribution in [0.2, 0.25) is 0 Å². The smallest absolute Gasteiger partial charge is 0.194 e. The number of aliphatic imine (C=N–C) groups is 1. The van der Waals surface area contributed by atoms with Crippen LogP contribution in [0.25, 0.3) is 0 Å². The van der Waals surface area contributed by atoms with Crippen LogP contribution in [0, 0.1) is 12.7 Å². The molecule has 0 saturated carbocycles. The van der Waals surface area contributed by atoms with Gasteiger partial charge in [-0.15, -0.1) is 24.0 Å². The number of rotatable bonds is 3. The molecule has 1 saturated heterocycles. The van der Waals surface area contributed by atoms with E-state index < -0.39 is 14.6 Å². The molecule has 0 bridgehead atoms. The van der Waals surface area contributed by atoms with Gasteiger partial charge in [0, 0.05) is 19.6 Å². The number of sulfone groups is 1. The van der Waals surface area contributed by atoms with Crippen molar-refractivity contribution in [2.45, 2.75) is 39.0 Å². The molecule has 142 valence electrons. The highest BCUT2D eigenvalue weighted by Crippen LogP contribution is 2.23. The highest BCUT2D eigenvalue weighted by molar-refractivity contribution is 14.0. The molecule has 25 heavy (non-hydrogen) atoms. The Morgan fingerprint density at radius 3 is 2.64 bits per heavy atom. The molecule has 1 fully saturated rings. The lowest BCUT2D eigenvalue weighted by atomic mass is 10.1. The van der Waals surface area contributed by atoms with Gasteiger partial charge in [-0.3, -0.25) is 0 Å². The molecule has 1 aliphatic heterocycles. The number of halogens is 2. The summed E-state index contributed by atoms with van der Waals surface area (Å²) in [5, 5.41) is 3.20. The van der Waals surface area contributed by atoms with Crippen molar-refractivity contribution < 1.29 is 12.8 Å². The molecule has 1 aromatic rings. The Morgan fingerprint density at radius 2 is 2.08 bits per heavy atom. The number of hydrogen-bond acceptors (Lipinski definition) is 3. The first-order valence-electron chi connectivity index (χ1n) is 8.17. The number of hydrogen-bond donors (Lipinski definition) is 1. The van der Waals surface area contributed by atoms with Crippen molar-refractivity contribution in [1.29, 1.82) is 0 Å². The first kappa shape index (κ1) is 22.1. The molecule has 1 N–H and O–H groups in total. The number of benzene rings is 1. The summed E-state index contributed by atoms with van der Waals surface area (Å²) in [6.07, 6.45) is 0. The van der Waals surface area contributed by atoms with Gasteiger partial charge in [0.15, 0.2) is 15.8 Å². The average Bonchev–Trinajstić information content (AvgIpc) is 2.50. The van der Waals surface area contributed by atoms with Crippen molar-refractivity contribution in [3.63, 3.8) is 0 Å². The van der Waals surface area contributed by atoms with E-state index in [1.54, 1.807) is 26.8 Å². The maximum atomic E-state index is 13.7. The maximum Gasteiger partial charge on any atom is 0.194 e.